The smallest absolute Gasteiger partial charge is 0.254 e. The highest BCUT2D eigenvalue weighted by atomic mass is 32.2. The van der Waals surface area contributed by atoms with Crippen LogP contribution in [0, 0.1) is 11.6 Å². The first kappa shape index (κ1) is 15.7. The molecule has 8 heteroatoms. The average molecular weight is 318 g/mol. The van der Waals surface area contributed by atoms with Gasteiger partial charge in [0, 0.05) is 25.7 Å². The molecule has 1 aromatic rings. The highest BCUT2D eigenvalue weighted by molar-refractivity contribution is 7.91. The van der Waals surface area contributed by atoms with Crippen LogP contribution in [0.2, 0.25) is 0 Å². The fourth-order valence-corrected chi connectivity index (χ4v) is 3.53. The summed E-state index contributed by atoms with van der Waals surface area (Å²) in [6.07, 6.45) is 0.327. The predicted octanol–water partition coefficient (Wildman–Crippen LogP) is 1.27. The Morgan fingerprint density at radius 1 is 1.19 bits per heavy atom. The SMILES string of the molecule is CNc1c(F)cc(C(=O)N2CCCS(=O)(=O)CC2)cc1F. The topological polar surface area (TPSA) is 66.5 Å². The second kappa shape index (κ2) is 5.97. The Labute approximate surface area is 121 Å². The summed E-state index contributed by atoms with van der Waals surface area (Å²) in [5.74, 6) is -2.38. The molecule has 0 bridgehead atoms. The highest BCUT2D eigenvalue weighted by Gasteiger charge is 2.24. The fourth-order valence-electron chi connectivity index (χ4n) is 2.26. The average Bonchev–Trinajstić information content (AvgIpc) is 2.58. The van der Waals surface area contributed by atoms with Gasteiger partial charge in [0.05, 0.1) is 11.5 Å². The number of benzene rings is 1. The molecular formula is C13H16F2N2O3S. The van der Waals surface area contributed by atoms with E-state index in [2.05, 4.69) is 5.32 Å². The van der Waals surface area contributed by atoms with Crippen LogP contribution in [-0.2, 0) is 9.84 Å². The summed E-state index contributed by atoms with van der Waals surface area (Å²) >= 11 is 0. The van der Waals surface area contributed by atoms with Crippen molar-refractivity contribution in [2.45, 2.75) is 6.42 Å². The molecule has 1 aliphatic heterocycles. The lowest BCUT2D eigenvalue weighted by atomic mass is 10.1. The summed E-state index contributed by atoms with van der Waals surface area (Å²) in [7, 11) is -1.77. The van der Waals surface area contributed by atoms with E-state index in [1.807, 2.05) is 0 Å². The molecule has 0 atom stereocenters. The Morgan fingerprint density at radius 2 is 1.81 bits per heavy atom. The van der Waals surface area contributed by atoms with E-state index in [0.29, 0.717) is 6.42 Å². The van der Waals surface area contributed by atoms with Crippen LogP contribution in [0.25, 0.3) is 0 Å². The van der Waals surface area contributed by atoms with Gasteiger partial charge in [-0.2, -0.15) is 0 Å². The first-order valence-corrected chi connectivity index (χ1v) is 8.32. The molecule has 0 aromatic heterocycles. The van der Waals surface area contributed by atoms with Crippen molar-refractivity contribution in [3.05, 3.63) is 29.3 Å². The van der Waals surface area contributed by atoms with Crippen LogP contribution in [0.15, 0.2) is 12.1 Å². The second-order valence-corrected chi connectivity index (χ2v) is 7.17. The van der Waals surface area contributed by atoms with Crippen LogP contribution < -0.4 is 5.32 Å². The number of rotatable bonds is 2. The molecule has 21 heavy (non-hydrogen) atoms. The van der Waals surface area contributed by atoms with Crippen LogP contribution in [0.1, 0.15) is 16.8 Å². The van der Waals surface area contributed by atoms with Crippen LogP contribution in [0.3, 0.4) is 0 Å². The molecule has 2 rings (SSSR count). The van der Waals surface area contributed by atoms with Crippen molar-refractivity contribution in [3.63, 3.8) is 0 Å². The molecule has 1 aromatic carbocycles. The monoisotopic (exact) mass is 318 g/mol. The largest absolute Gasteiger partial charge is 0.383 e. The van der Waals surface area contributed by atoms with Crippen molar-refractivity contribution in [1.82, 2.24) is 4.90 Å². The van der Waals surface area contributed by atoms with E-state index in [0.717, 1.165) is 12.1 Å². The third-order valence-corrected chi connectivity index (χ3v) is 5.10. The molecule has 5 nitrogen and oxygen atoms in total. The van der Waals surface area contributed by atoms with E-state index < -0.39 is 27.4 Å². The Hall–Kier alpha value is -1.70. The number of anilines is 1. The number of amides is 1. The van der Waals surface area contributed by atoms with Crippen molar-refractivity contribution in [2.75, 3.05) is 37.0 Å². The maximum atomic E-state index is 13.7. The third kappa shape index (κ3) is 3.49. The van der Waals surface area contributed by atoms with Crippen LogP contribution in [0.4, 0.5) is 14.5 Å². The zero-order valence-electron chi connectivity index (χ0n) is 11.5. The van der Waals surface area contributed by atoms with E-state index in [1.165, 1.54) is 11.9 Å². The minimum atomic E-state index is -3.15. The molecule has 1 aliphatic rings. The number of nitrogens with zero attached hydrogens (tertiary/aromatic N) is 1. The van der Waals surface area contributed by atoms with E-state index in [4.69, 9.17) is 0 Å². The molecule has 0 unspecified atom stereocenters. The summed E-state index contributed by atoms with van der Waals surface area (Å²) in [4.78, 5) is 13.6. The Morgan fingerprint density at radius 3 is 2.38 bits per heavy atom. The summed E-state index contributed by atoms with van der Waals surface area (Å²) in [6, 6.07) is 1.91. The first-order chi connectivity index (χ1) is 9.84. The van der Waals surface area contributed by atoms with E-state index in [-0.39, 0.29) is 35.8 Å². The maximum absolute atomic E-state index is 13.7. The minimum Gasteiger partial charge on any atom is -0.383 e. The Balaban J connectivity index is 2.24. The van der Waals surface area contributed by atoms with Gasteiger partial charge in [-0.15, -0.1) is 0 Å². The Kier molecular flexibility index (Phi) is 4.46. The zero-order chi connectivity index (χ0) is 15.6. The molecule has 1 amide bonds. The molecule has 116 valence electrons. The van der Waals surface area contributed by atoms with E-state index >= 15 is 0 Å². The van der Waals surface area contributed by atoms with Crippen molar-refractivity contribution < 1.29 is 22.0 Å². The number of carbonyl (C=O) groups excluding carboxylic acids is 1. The van der Waals surface area contributed by atoms with Gasteiger partial charge in [-0.1, -0.05) is 0 Å². The summed E-state index contributed by atoms with van der Waals surface area (Å²) in [5.41, 5.74) is -0.423. The van der Waals surface area contributed by atoms with E-state index in [9.17, 15) is 22.0 Å². The first-order valence-electron chi connectivity index (χ1n) is 6.50. The molecule has 0 radical (unpaired) electrons. The lowest BCUT2D eigenvalue weighted by Gasteiger charge is -2.20. The number of hydrogen-bond donors (Lipinski definition) is 1. The van der Waals surface area contributed by atoms with Gasteiger partial charge in [0.2, 0.25) is 0 Å². The van der Waals surface area contributed by atoms with Gasteiger partial charge in [0.1, 0.15) is 17.3 Å². The van der Waals surface area contributed by atoms with Gasteiger partial charge >= 0.3 is 0 Å². The van der Waals surface area contributed by atoms with Crippen molar-refractivity contribution >= 4 is 21.4 Å². The molecule has 0 spiro atoms. The standard InChI is InChI=1S/C13H16F2N2O3S/c1-16-12-10(14)7-9(8-11(12)15)13(18)17-3-2-5-21(19,20)6-4-17/h7-8,16H,2-6H2,1H3. The van der Waals surface area contributed by atoms with Gasteiger partial charge in [0.25, 0.3) is 5.91 Å². The molecule has 1 N–H and O–H groups in total. The lowest BCUT2D eigenvalue weighted by Crippen LogP contribution is -2.33. The zero-order valence-corrected chi connectivity index (χ0v) is 12.3. The maximum Gasteiger partial charge on any atom is 0.254 e. The number of nitrogens with one attached hydrogen (secondary N) is 1. The van der Waals surface area contributed by atoms with Crippen LogP contribution >= 0.6 is 0 Å². The highest BCUT2D eigenvalue weighted by Crippen LogP contribution is 2.21. The van der Waals surface area contributed by atoms with Gasteiger partial charge in [-0.25, -0.2) is 17.2 Å². The van der Waals surface area contributed by atoms with Gasteiger partial charge in [-0.05, 0) is 18.6 Å². The molecule has 0 saturated carbocycles. The van der Waals surface area contributed by atoms with Gasteiger partial charge < -0.3 is 10.2 Å². The summed E-state index contributed by atoms with van der Waals surface area (Å²) in [5, 5.41) is 2.38. The Bertz CT molecular complexity index is 638. The van der Waals surface area contributed by atoms with E-state index in [1.54, 1.807) is 0 Å². The molecule has 0 aliphatic carbocycles. The number of hydrogen-bond acceptors (Lipinski definition) is 4. The lowest BCUT2D eigenvalue weighted by molar-refractivity contribution is 0.0767. The quantitative estimate of drug-likeness (QED) is 0.892. The molecule has 1 heterocycles. The second-order valence-electron chi connectivity index (χ2n) is 4.86. The van der Waals surface area contributed by atoms with Crippen molar-refractivity contribution in [1.29, 1.82) is 0 Å². The van der Waals surface area contributed by atoms with Crippen molar-refractivity contribution in [3.8, 4) is 0 Å². The summed E-state index contributed by atoms with van der Waals surface area (Å²) < 4.78 is 50.3. The summed E-state index contributed by atoms with van der Waals surface area (Å²) in [6.45, 7) is 0.299. The fraction of sp³-hybridized carbons (Fsp3) is 0.462. The number of carbonyl (C=O) groups is 1. The van der Waals surface area contributed by atoms with Crippen molar-refractivity contribution in [2.24, 2.45) is 0 Å². The molecule has 1 saturated heterocycles. The van der Waals surface area contributed by atoms with Crippen LogP contribution in [0.5, 0.6) is 0 Å². The molecular weight excluding hydrogens is 302 g/mol. The number of sulfone groups is 1. The van der Waals surface area contributed by atoms with Gasteiger partial charge in [0.15, 0.2) is 9.84 Å². The number of halogens is 2. The van der Waals surface area contributed by atoms with Crippen LogP contribution in [-0.4, -0.2) is 50.9 Å². The minimum absolute atomic E-state index is 0.0260. The van der Waals surface area contributed by atoms with Gasteiger partial charge in [-0.3, -0.25) is 4.79 Å². The molecule has 1 fully saturated rings. The third-order valence-electron chi connectivity index (χ3n) is 3.38. The normalized spacial score (nSPS) is 18.1. The predicted molar refractivity (Wildman–Crippen MR) is 75.1 cm³/mol.